The molecule has 0 unspecified atom stereocenters. The Kier molecular flexibility index (Phi) is 3.10. The monoisotopic (exact) mass is 268 g/mol. The van der Waals surface area contributed by atoms with Crippen molar-refractivity contribution in [1.29, 1.82) is 0 Å². The number of alkyl halides is 2. The van der Waals surface area contributed by atoms with Crippen molar-refractivity contribution in [1.82, 2.24) is 4.98 Å². The van der Waals surface area contributed by atoms with Crippen LogP contribution in [0.5, 0.6) is 0 Å². The smallest absolute Gasteiger partial charge is 0.266 e. The van der Waals surface area contributed by atoms with Crippen LogP contribution in [0, 0.1) is 5.95 Å². The first-order valence-electron chi connectivity index (χ1n) is 3.37. The van der Waals surface area contributed by atoms with Crippen LogP contribution in [0.2, 0.25) is 0 Å². The average Bonchev–Trinajstić information content (AvgIpc) is 2.02. The van der Waals surface area contributed by atoms with Gasteiger partial charge in [0.05, 0.1) is 5.56 Å². The number of halogens is 4. The molecule has 0 saturated heterocycles. The predicted octanol–water partition coefficient (Wildman–Crippen LogP) is 2.02. The third-order valence-corrected chi connectivity index (χ3v) is 2.33. The molecule has 0 bridgehead atoms. The molecule has 1 aromatic rings. The quantitative estimate of drug-likeness (QED) is 0.835. The lowest BCUT2D eigenvalue weighted by Crippen LogP contribution is -2.16. The predicted molar refractivity (Wildman–Crippen MR) is 45.4 cm³/mol. The van der Waals surface area contributed by atoms with Crippen LogP contribution in [-0.2, 0) is 0 Å². The van der Waals surface area contributed by atoms with Crippen molar-refractivity contribution in [3.63, 3.8) is 0 Å². The van der Waals surface area contributed by atoms with E-state index in [4.69, 9.17) is 5.73 Å². The molecule has 2 N–H and O–H groups in total. The summed E-state index contributed by atoms with van der Waals surface area (Å²) in [5, 5.41) is 0. The molecule has 0 spiro atoms. The normalized spacial score (nSPS) is 10.6. The Hall–Kier alpha value is -1.11. The maximum atomic E-state index is 12.9. The summed E-state index contributed by atoms with van der Waals surface area (Å²) in [6.45, 7) is 0. The molecule has 0 aromatic carbocycles. The molecule has 0 atom stereocenters. The molecule has 0 aliphatic heterocycles. The topological polar surface area (TPSA) is 56.0 Å². The van der Waals surface area contributed by atoms with E-state index in [0.29, 0.717) is 6.20 Å². The first-order chi connectivity index (χ1) is 6.45. The van der Waals surface area contributed by atoms with E-state index in [2.05, 4.69) is 20.9 Å². The second kappa shape index (κ2) is 3.95. The summed E-state index contributed by atoms with van der Waals surface area (Å²) in [4.78, 5) is 13.7. The van der Waals surface area contributed by atoms with E-state index >= 15 is 0 Å². The molecule has 76 valence electrons. The zero-order valence-electron chi connectivity index (χ0n) is 6.60. The fourth-order valence-corrected chi connectivity index (χ4v) is 1.48. The molecule has 1 aromatic heterocycles. The van der Waals surface area contributed by atoms with Gasteiger partial charge in [-0.05, 0) is 15.9 Å². The SMILES string of the molecule is NC(=O)c1c(F)ncc(C(F)F)c1Br. The number of nitrogens with two attached hydrogens (primary N) is 1. The van der Waals surface area contributed by atoms with Crippen LogP contribution in [0.15, 0.2) is 10.7 Å². The lowest BCUT2D eigenvalue weighted by Gasteiger charge is -2.06. The Bertz CT molecular complexity index is 383. The molecule has 0 saturated carbocycles. The molecule has 3 nitrogen and oxygen atoms in total. The third kappa shape index (κ3) is 1.87. The van der Waals surface area contributed by atoms with Crippen molar-refractivity contribution in [2.75, 3.05) is 0 Å². The Balaban J connectivity index is 3.41. The van der Waals surface area contributed by atoms with Crippen molar-refractivity contribution in [3.8, 4) is 0 Å². The first-order valence-corrected chi connectivity index (χ1v) is 4.16. The van der Waals surface area contributed by atoms with Crippen molar-refractivity contribution in [3.05, 3.63) is 27.7 Å². The van der Waals surface area contributed by atoms with E-state index in [0.717, 1.165) is 0 Å². The van der Waals surface area contributed by atoms with Crippen molar-refractivity contribution >= 4 is 21.8 Å². The number of carbonyl (C=O) groups excluding carboxylic acids is 1. The summed E-state index contributed by atoms with van der Waals surface area (Å²) in [7, 11) is 0. The largest absolute Gasteiger partial charge is 0.365 e. The second-order valence-corrected chi connectivity index (χ2v) is 3.15. The van der Waals surface area contributed by atoms with Gasteiger partial charge in [0.15, 0.2) is 0 Å². The average molecular weight is 269 g/mol. The molecule has 14 heavy (non-hydrogen) atoms. The lowest BCUT2D eigenvalue weighted by atomic mass is 10.2. The summed E-state index contributed by atoms with van der Waals surface area (Å²) in [6.07, 6.45) is -2.20. The standard InChI is InChI=1S/C7H4BrF3N2O/c8-4-2(5(9)10)1-13-6(11)3(4)7(12)14/h1,5H,(H2,12,14). The molecular formula is C7H4BrF3N2O. The van der Waals surface area contributed by atoms with Gasteiger partial charge in [0.2, 0.25) is 5.95 Å². The van der Waals surface area contributed by atoms with Crippen LogP contribution in [-0.4, -0.2) is 10.9 Å². The molecule has 1 rings (SSSR count). The van der Waals surface area contributed by atoms with Crippen molar-refractivity contribution < 1.29 is 18.0 Å². The van der Waals surface area contributed by atoms with Gasteiger partial charge in [-0.1, -0.05) is 0 Å². The third-order valence-electron chi connectivity index (χ3n) is 1.48. The maximum absolute atomic E-state index is 12.9. The van der Waals surface area contributed by atoms with E-state index in [-0.39, 0.29) is 4.47 Å². The highest BCUT2D eigenvalue weighted by Crippen LogP contribution is 2.30. The summed E-state index contributed by atoms with van der Waals surface area (Å²) in [6, 6.07) is 0. The molecule has 0 radical (unpaired) electrons. The number of carbonyl (C=O) groups is 1. The first kappa shape index (κ1) is 11.0. The highest BCUT2D eigenvalue weighted by molar-refractivity contribution is 9.10. The Morgan fingerprint density at radius 3 is 2.57 bits per heavy atom. The van der Waals surface area contributed by atoms with Crippen molar-refractivity contribution in [2.24, 2.45) is 5.73 Å². The summed E-state index contributed by atoms with van der Waals surface area (Å²) >= 11 is 2.67. The van der Waals surface area contributed by atoms with E-state index in [1.807, 2.05) is 0 Å². The number of nitrogens with zero attached hydrogens (tertiary/aromatic N) is 1. The van der Waals surface area contributed by atoms with E-state index in [9.17, 15) is 18.0 Å². The zero-order chi connectivity index (χ0) is 10.9. The molecule has 1 amide bonds. The van der Waals surface area contributed by atoms with Crippen LogP contribution in [0.3, 0.4) is 0 Å². The van der Waals surface area contributed by atoms with Crippen molar-refractivity contribution in [2.45, 2.75) is 6.43 Å². The number of pyridine rings is 1. The zero-order valence-corrected chi connectivity index (χ0v) is 8.19. The summed E-state index contributed by atoms with van der Waals surface area (Å²) in [5.74, 6) is -2.32. The van der Waals surface area contributed by atoms with Gasteiger partial charge in [0.25, 0.3) is 12.3 Å². The van der Waals surface area contributed by atoms with Gasteiger partial charge in [-0.3, -0.25) is 4.79 Å². The highest BCUT2D eigenvalue weighted by atomic mass is 79.9. The van der Waals surface area contributed by atoms with E-state index in [1.165, 1.54) is 0 Å². The van der Waals surface area contributed by atoms with Crippen LogP contribution in [0.25, 0.3) is 0 Å². The number of hydrogen-bond acceptors (Lipinski definition) is 2. The van der Waals surface area contributed by atoms with Gasteiger partial charge in [0, 0.05) is 10.7 Å². The molecule has 1 heterocycles. The van der Waals surface area contributed by atoms with Crippen LogP contribution >= 0.6 is 15.9 Å². The Morgan fingerprint density at radius 1 is 1.57 bits per heavy atom. The number of aromatic nitrogens is 1. The molecule has 0 fully saturated rings. The Labute approximate surface area is 85.2 Å². The minimum atomic E-state index is -2.85. The fraction of sp³-hybridized carbons (Fsp3) is 0.143. The number of hydrogen-bond donors (Lipinski definition) is 1. The van der Waals surface area contributed by atoms with Gasteiger partial charge in [-0.25, -0.2) is 13.8 Å². The van der Waals surface area contributed by atoms with E-state index < -0.39 is 29.4 Å². The number of amides is 1. The molecular weight excluding hydrogens is 265 g/mol. The lowest BCUT2D eigenvalue weighted by molar-refractivity contribution is 0.0993. The van der Waals surface area contributed by atoms with Gasteiger partial charge < -0.3 is 5.73 Å². The fourth-order valence-electron chi connectivity index (χ4n) is 0.844. The highest BCUT2D eigenvalue weighted by Gasteiger charge is 2.21. The van der Waals surface area contributed by atoms with Gasteiger partial charge in [0.1, 0.15) is 5.56 Å². The van der Waals surface area contributed by atoms with Crippen LogP contribution < -0.4 is 5.73 Å². The number of rotatable bonds is 2. The van der Waals surface area contributed by atoms with Gasteiger partial charge in [-0.2, -0.15) is 4.39 Å². The van der Waals surface area contributed by atoms with Crippen LogP contribution in [0.1, 0.15) is 22.3 Å². The van der Waals surface area contributed by atoms with Gasteiger partial charge >= 0.3 is 0 Å². The minimum absolute atomic E-state index is 0.354. The summed E-state index contributed by atoms with van der Waals surface area (Å²) in [5.41, 5.74) is 3.56. The molecule has 7 heteroatoms. The maximum Gasteiger partial charge on any atom is 0.266 e. The minimum Gasteiger partial charge on any atom is -0.365 e. The second-order valence-electron chi connectivity index (χ2n) is 2.36. The van der Waals surface area contributed by atoms with E-state index in [1.54, 1.807) is 0 Å². The Morgan fingerprint density at radius 2 is 2.14 bits per heavy atom. The summed E-state index contributed by atoms with van der Waals surface area (Å²) < 4.78 is 37.0. The number of primary amides is 1. The molecule has 0 aliphatic rings. The van der Waals surface area contributed by atoms with Gasteiger partial charge in [-0.15, -0.1) is 0 Å². The van der Waals surface area contributed by atoms with Crippen LogP contribution in [0.4, 0.5) is 13.2 Å². The molecule has 0 aliphatic carbocycles.